The van der Waals surface area contributed by atoms with Crippen LogP contribution < -0.4 is 0 Å². The van der Waals surface area contributed by atoms with Crippen LogP contribution in [0.5, 0.6) is 5.75 Å². The lowest BCUT2D eigenvalue weighted by molar-refractivity contribution is -0.139. The van der Waals surface area contributed by atoms with Gasteiger partial charge in [-0.3, -0.25) is 9.59 Å². The fourth-order valence-electron chi connectivity index (χ4n) is 1.48. The predicted molar refractivity (Wildman–Crippen MR) is 75.9 cm³/mol. The summed E-state index contributed by atoms with van der Waals surface area (Å²) < 4.78 is 4.79. The molecule has 0 bridgehead atoms. The number of ketones is 1. The summed E-state index contributed by atoms with van der Waals surface area (Å²) in [5, 5.41) is 10.3. The molecule has 0 spiro atoms. The summed E-state index contributed by atoms with van der Waals surface area (Å²) in [7, 11) is 0. The highest BCUT2D eigenvalue weighted by Gasteiger charge is 2.13. The number of thioether (sulfide) groups is 1. The number of rotatable bonds is 6. The molecule has 0 saturated carbocycles. The van der Waals surface area contributed by atoms with Gasteiger partial charge in [-0.1, -0.05) is 11.6 Å². The summed E-state index contributed by atoms with van der Waals surface area (Å²) in [6, 6.07) is 3.01. The molecule has 0 aliphatic rings. The van der Waals surface area contributed by atoms with E-state index in [4.69, 9.17) is 16.3 Å². The van der Waals surface area contributed by atoms with Gasteiger partial charge in [0, 0.05) is 16.3 Å². The second-order valence-corrected chi connectivity index (χ2v) is 5.24. The molecular formula is C13H15ClO4S. The van der Waals surface area contributed by atoms with Crippen LogP contribution in [0.1, 0.15) is 29.8 Å². The van der Waals surface area contributed by atoms with E-state index in [-0.39, 0.29) is 28.8 Å². The van der Waals surface area contributed by atoms with Crippen LogP contribution in [0.15, 0.2) is 12.1 Å². The lowest BCUT2D eigenvalue weighted by Crippen LogP contribution is -2.06. The van der Waals surface area contributed by atoms with E-state index in [1.165, 1.54) is 24.8 Å². The molecule has 0 aromatic heterocycles. The quantitative estimate of drug-likeness (QED) is 0.646. The number of carbonyl (C=O) groups excluding carboxylic acids is 2. The van der Waals surface area contributed by atoms with Crippen LogP contribution in [-0.4, -0.2) is 29.2 Å². The van der Waals surface area contributed by atoms with Gasteiger partial charge < -0.3 is 9.84 Å². The molecule has 0 aliphatic heterocycles. The van der Waals surface area contributed by atoms with Crippen LogP contribution in [-0.2, 0) is 15.3 Å². The zero-order chi connectivity index (χ0) is 14.4. The average Bonchev–Trinajstić information content (AvgIpc) is 2.33. The zero-order valence-corrected chi connectivity index (χ0v) is 12.3. The first kappa shape index (κ1) is 15.9. The molecule has 1 aromatic rings. The van der Waals surface area contributed by atoms with Gasteiger partial charge in [-0.2, -0.15) is 0 Å². The Morgan fingerprint density at radius 2 is 2.11 bits per heavy atom. The van der Waals surface area contributed by atoms with E-state index in [9.17, 15) is 14.7 Å². The normalized spacial score (nSPS) is 10.3. The first-order chi connectivity index (χ1) is 8.95. The molecule has 4 nitrogen and oxygen atoms in total. The van der Waals surface area contributed by atoms with Gasteiger partial charge >= 0.3 is 5.97 Å². The number of ether oxygens (including phenoxy) is 1. The Bertz CT molecular complexity index is 488. The summed E-state index contributed by atoms with van der Waals surface area (Å²) in [6.45, 7) is 3.45. The maximum absolute atomic E-state index is 11.3. The van der Waals surface area contributed by atoms with Crippen molar-refractivity contribution in [2.45, 2.75) is 19.6 Å². The lowest BCUT2D eigenvalue weighted by Gasteiger charge is -2.09. The first-order valence-corrected chi connectivity index (χ1v) is 7.24. The van der Waals surface area contributed by atoms with Gasteiger partial charge in [-0.25, -0.2) is 0 Å². The fraction of sp³-hybridized carbons (Fsp3) is 0.385. The number of hydrogen-bond donors (Lipinski definition) is 1. The third-order valence-electron chi connectivity index (χ3n) is 2.32. The minimum atomic E-state index is -0.305. The minimum Gasteiger partial charge on any atom is -0.507 e. The summed E-state index contributed by atoms with van der Waals surface area (Å²) in [6.07, 6.45) is 0. The van der Waals surface area contributed by atoms with Crippen LogP contribution in [0.3, 0.4) is 0 Å². The molecular weight excluding hydrogens is 288 g/mol. The number of Topliss-reactive ketones (excluding diaryl/α,β-unsaturated/α-hetero) is 1. The average molecular weight is 303 g/mol. The number of phenols is 1. The SMILES string of the molecule is CCOC(=O)CSCc1cc(Cl)cc(C(C)=O)c1O. The second-order valence-electron chi connectivity index (χ2n) is 3.82. The molecule has 0 amide bonds. The Morgan fingerprint density at radius 3 is 2.68 bits per heavy atom. The van der Waals surface area contributed by atoms with Crippen LogP contribution in [0.2, 0.25) is 5.02 Å². The molecule has 0 heterocycles. The Morgan fingerprint density at radius 1 is 1.42 bits per heavy atom. The molecule has 6 heteroatoms. The van der Waals surface area contributed by atoms with Gasteiger partial charge in [-0.05, 0) is 26.0 Å². The van der Waals surface area contributed by atoms with Crippen molar-refractivity contribution in [3.8, 4) is 5.75 Å². The Labute approximate surface area is 121 Å². The van der Waals surface area contributed by atoms with Crippen molar-refractivity contribution in [3.63, 3.8) is 0 Å². The van der Waals surface area contributed by atoms with Crippen molar-refractivity contribution in [2.24, 2.45) is 0 Å². The summed E-state index contributed by atoms with van der Waals surface area (Å²) in [5.41, 5.74) is 0.728. The molecule has 19 heavy (non-hydrogen) atoms. The number of hydrogen-bond acceptors (Lipinski definition) is 5. The van der Waals surface area contributed by atoms with Crippen LogP contribution >= 0.6 is 23.4 Å². The Hall–Kier alpha value is -1.20. The second kappa shape index (κ2) is 7.40. The van der Waals surface area contributed by atoms with Gasteiger partial charge in [0.15, 0.2) is 5.78 Å². The van der Waals surface area contributed by atoms with Gasteiger partial charge in [-0.15, -0.1) is 11.8 Å². The van der Waals surface area contributed by atoms with Crippen molar-refractivity contribution >= 4 is 35.1 Å². The molecule has 0 fully saturated rings. The monoisotopic (exact) mass is 302 g/mol. The molecule has 0 radical (unpaired) electrons. The molecule has 1 aromatic carbocycles. The molecule has 0 atom stereocenters. The van der Waals surface area contributed by atoms with E-state index in [2.05, 4.69) is 0 Å². The van der Waals surface area contributed by atoms with Gasteiger partial charge in [0.05, 0.1) is 17.9 Å². The van der Waals surface area contributed by atoms with E-state index in [0.29, 0.717) is 22.9 Å². The van der Waals surface area contributed by atoms with Crippen molar-refractivity contribution in [1.82, 2.24) is 0 Å². The van der Waals surface area contributed by atoms with Gasteiger partial charge in [0.2, 0.25) is 0 Å². The molecule has 0 aliphatic carbocycles. The third kappa shape index (κ3) is 4.76. The number of halogens is 1. The number of phenolic OH excluding ortho intramolecular Hbond substituents is 1. The summed E-state index contributed by atoms with van der Waals surface area (Å²) in [5.74, 6) is -0.0635. The van der Waals surface area contributed by atoms with Crippen molar-refractivity contribution < 1.29 is 19.4 Å². The highest BCUT2D eigenvalue weighted by Crippen LogP contribution is 2.30. The van der Waals surface area contributed by atoms with E-state index >= 15 is 0 Å². The Balaban J connectivity index is 2.73. The van der Waals surface area contributed by atoms with Crippen molar-refractivity contribution in [2.75, 3.05) is 12.4 Å². The topological polar surface area (TPSA) is 63.6 Å². The standard InChI is InChI=1S/C13H15ClO4S/c1-3-18-12(16)7-19-6-9-4-10(14)5-11(8(2)15)13(9)17/h4-5,17H,3,6-7H2,1-2H3. The van der Waals surface area contributed by atoms with Crippen molar-refractivity contribution in [3.05, 3.63) is 28.3 Å². The fourth-order valence-corrected chi connectivity index (χ4v) is 2.51. The lowest BCUT2D eigenvalue weighted by atomic mass is 10.1. The number of esters is 1. The summed E-state index contributed by atoms with van der Waals surface area (Å²) in [4.78, 5) is 22.5. The predicted octanol–water partition coefficient (Wildman–Crippen LogP) is 3.04. The number of aromatic hydroxyl groups is 1. The maximum Gasteiger partial charge on any atom is 0.315 e. The van der Waals surface area contributed by atoms with Gasteiger partial charge in [0.25, 0.3) is 0 Å². The van der Waals surface area contributed by atoms with Crippen LogP contribution in [0.4, 0.5) is 0 Å². The van der Waals surface area contributed by atoms with E-state index in [0.717, 1.165) is 0 Å². The third-order valence-corrected chi connectivity index (χ3v) is 3.49. The molecule has 1 N–H and O–H groups in total. The summed E-state index contributed by atoms with van der Waals surface area (Å²) >= 11 is 7.19. The highest BCUT2D eigenvalue weighted by atomic mass is 35.5. The first-order valence-electron chi connectivity index (χ1n) is 5.71. The van der Waals surface area contributed by atoms with Crippen LogP contribution in [0, 0.1) is 0 Å². The highest BCUT2D eigenvalue weighted by molar-refractivity contribution is 7.99. The molecule has 104 valence electrons. The number of carbonyl (C=O) groups is 2. The van der Waals surface area contributed by atoms with Gasteiger partial charge in [0.1, 0.15) is 5.75 Å². The Kier molecular flexibility index (Phi) is 6.18. The van der Waals surface area contributed by atoms with E-state index < -0.39 is 0 Å². The zero-order valence-electron chi connectivity index (χ0n) is 10.7. The van der Waals surface area contributed by atoms with E-state index in [1.807, 2.05) is 0 Å². The van der Waals surface area contributed by atoms with Crippen molar-refractivity contribution in [1.29, 1.82) is 0 Å². The van der Waals surface area contributed by atoms with E-state index in [1.54, 1.807) is 13.0 Å². The maximum atomic E-state index is 11.3. The molecule has 0 unspecified atom stereocenters. The smallest absolute Gasteiger partial charge is 0.315 e. The molecule has 1 rings (SSSR count). The van der Waals surface area contributed by atoms with Crippen LogP contribution in [0.25, 0.3) is 0 Å². The minimum absolute atomic E-state index is 0.0757. The largest absolute Gasteiger partial charge is 0.507 e. The molecule has 0 saturated heterocycles. The number of benzene rings is 1.